The van der Waals surface area contributed by atoms with E-state index in [2.05, 4.69) is 40.7 Å². The van der Waals surface area contributed by atoms with Crippen molar-refractivity contribution in [2.24, 2.45) is 10.9 Å². The Balaban J connectivity index is 0.00000320. The molecule has 1 saturated carbocycles. The number of ether oxygens (including phenoxy) is 1. The summed E-state index contributed by atoms with van der Waals surface area (Å²) in [6.07, 6.45) is 6.30. The monoisotopic (exact) mass is 524 g/mol. The summed E-state index contributed by atoms with van der Waals surface area (Å²) in [6.45, 7) is 5.11. The highest BCUT2D eigenvalue weighted by atomic mass is 127. The summed E-state index contributed by atoms with van der Waals surface area (Å²) in [6, 6.07) is 11.6. The predicted molar refractivity (Wildman–Crippen MR) is 133 cm³/mol. The van der Waals surface area contributed by atoms with Crippen molar-refractivity contribution in [2.45, 2.75) is 45.7 Å². The van der Waals surface area contributed by atoms with Gasteiger partial charge in [0.25, 0.3) is 0 Å². The van der Waals surface area contributed by atoms with E-state index in [1.165, 1.54) is 18.4 Å². The third kappa shape index (κ3) is 8.01. The predicted octanol–water partition coefficient (Wildman–Crippen LogP) is 3.71. The maximum atomic E-state index is 11.7. The van der Waals surface area contributed by atoms with Crippen LogP contribution in [0.2, 0.25) is 0 Å². The van der Waals surface area contributed by atoms with Crippen LogP contribution in [0.15, 0.2) is 52.4 Å². The molecular formula is C23H33IN4O2. The molecule has 3 rings (SSSR count). The smallest absolute Gasteiger partial charge is 0.250 e. The van der Waals surface area contributed by atoms with Gasteiger partial charge in [-0.25, -0.2) is 0 Å². The van der Waals surface area contributed by atoms with Gasteiger partial charge in [-0.05, 0) is 56.2 Å². The fourth-order valence-corrected chi connectivity index (χ4v) is 3.09. The Morgan fingerprint density at radius 3 is 2.77 bits per heavy atom. The van der Waals surface area contributed by atoms with Crippen LogP contribution in [-0.4, -0.2) is 30.7 Å². The molecule has 0 saturated heterocycles. The van der Waals surface area contributed by atoms with E-state index >= 15 is 0 Å². The second-order valence-corrected chi connectivity index (χ2v) is 7.66. The molecule has 30 heavy (non-hydrogen) atoms. The lowest BCUT2D eigenvalue weighted by atomic mass is 10.1. The topological polar surface area (TPSA) is 67.7 Å². The molecule has 1 aromatic heterocycles. The first-order valence-corrected chi connectivity index (χ1v) is 10.5. The number of halogens is 1. The molecule has 2 aromatic rings. The van der Waals surface area contributed by atoms with Gasteiger partial charge in [0, 0.05) is 44.5 Å². The summed E-state index contributed by atoms with van der Waals surface area (Å²) in [5, 5.41) is 6.71. The highest BCUT2D eigenvalue weighted by molar-refractivity contribution is 14.0. The Kier molecular flexibility index (Phi) is 10.2. The van der Waals surface area contributed by atoms with Gasteiger partial charge >= 0.3 is 0 Å². The van der Waals surface area contributed by atoms with Crippen LogP contribution < -0.4 is 20.9 Å². The zero-order valence-corrected chi connectivity index (χ0v) is 20.2. The first-order chi connectivity index (χ1) is 14.2. The van der Waals surface area contributed by atoms with Gasteiger partial charge in [0.05, 0.1) is 6.61 Å². The number of pyridine rings is 1. The fourth-order valence-electron chi connectivity index (χ4n) is 3.09. The summed E-state index contributed by atoms with van der Waals surface area (Å²) in [4.78, 5) is 16.0. The quantitative estimate of drug-likeness (QED) is 0.215. The number of aryl methyl sites for hydroxylation is 2. The van der Waals surface area contributed by atoms with Gasteiger partial charge in [-0.3, -0.25) is 9.79 Å². The summed E-state index contributed by atoms with van der Waals surface area (Å²) in [7, 11) is 1.78. The summed E-state index contributed by atoms with van der Waals surface area (Å²) in [5.74, 6) is 2.47. The number of aromatic nitrogens is 1. The first-order valence-electron chi connectivity index (χ1n) is 10.5. The number of nitrogens with zero attached hydrogens (tertiary/aromatic N) is 2. The van der Waals surface area contributed by atoms with Crippen molar-refractivity contribution in [1.82, 2.24) is 15.2 Å². The van der Waals surface area contributed by atoms with Crippen LogP contribution in [0.1, 0.15) is 36.8 Å². The summed E-state index contributed by atoms with van der Waals surface area (Å²) < 4.78 is 7.79. The van der Waals surface area contributed by atoms with Crippen molar-refractivity contribution >= 4 is 29.9 Å². The summed E-state index contributed by atoms with van der Waals surface area (Å²) in [5.41, 5.74) is 2.40. The van der Waals surface area contributed by atoms with Gasteiger partial charge in [0.15, 0.2) is 5.96 Å². The van der Waals surface area contributed by atoms with E-state index in [9.17, 15) is 4.79 Å². The average Bonchev–Trinajstić information content (AvgIpc) is 3.55. The molecule has 1 fully saturated rings. The summed E-state index contributed by atoms with van der Waals surface area (Å²) >= 11 is 0. The van der Waals surface area contributed by atoms with E-state index in [1.54, 1.807) is 23.7 Å². The first kappa shape index (κ1) is 24.2. The molecule has 0 unspecified atom stereocenters. The highest BCUT2D eigenvalue weighted by Crippen LogP contribution is 2.30. The molecule has 2 N–H and O–H groups in total. The molecule has 0 aliphatic heterocycles. The van der Waals surface area contributed by atoms with E-state index in [-0.39, 0.29) is 29.5 Å². The van der Waals surface area contributed by atoms with Crippen molar-refractivity contribution in [3.63, 3.8) is 0 Å². The standard InChI is InChI=1S/C23H32N4O2.HI/c1-18-8-11-20(21(15-18)29-17-19-9-10-19)16-26-23(24-2)25-12-4-6-14-27-13-5-3-7-22(27)28;/h3,5,7-8,11,13,15,19H,4,6,9-10,12,14,16-17H2,1-2H3,(H2,24,25,26);1H. The van der Waals surface area contributed by atoms with Crippen LogP contribution in [0.25, 0.3) is 0 Å². The number of hydrogen-bond acceptors (Lipinski definition) is 3. The molecule has 1 heterocycles. The number of unbranched alkanes of at least 4 members (excludes halogenated alkanes) is 1. The number of rotatable bonds is 10. The largest absolute Gasteiger partial charge is 0.493 e. The van der Waals surface area contributed by atoms with Gasteiger partial charge in [0.2, 0.25) is 5.56 Å². The van der Waals surface area contributed by atoms with E-state index in [4.69, 9.17) is 4.74 Å². The van der Waals surface area contributed by atoms with E-state index in [0.717, 1.165) is 55.7 Å². The second-order valence-electron chi connectivity index (χ2n) is 7.66. The lowest BCUT2D eigenvalue weighted by molar-refractivity contribution is 0.296. The third-order valence-corrected chi connectivity index (χ3v) is 5.08. The molecule has 0 atom stereocenters. The number of nitrogens with one attached hydrogen (secondary N) is 2. The van der Waals surface area contributed by atoms with Gasteiger partial charge in [-0.2, -0.15) is 0 Å². The van der Waals surface area contributed by atoms with Crippen molar-refractivity contribution < 1.29 is 4.74 Å². The van der Waals surface area contributed by atoms with Gasteiger partial charge < -0.3 is 19.9 Å². The molecule has 0 spiro atoms. The molecule has 1 aliphatic rings. The minimum absolute atomic E-state index is 0. The van der Waals surface area contributed by atoms with E-state index in [1.807, 2.05) is 12.3 Å². The maximum Gasteiger partial charge on any atom is 0.250 e. The Bertz CT molecular complexity index is 878. The van der Waals surface area contributed by atoms with Crippen LogP contribution in [0.4, 0.5) is 0 Å². The van der Waals surface area contributed by atoms with E-state index < -0.39 is 0 Å². The van der Waals surface area contributed by atoms with Crippen molar-refractivity contribution in [2.75, 3.05) is 20.2 Å². The highest BCUT2D eigenvalue weighted by Gasteiger charge is 2.22. The number of aliphatic imine (C=N–C) groups is 1. The number of guanidine groups is 1. The van der Waals surface area contributed by atoms with Crippen molar-refractivity contribution in [3.8, 4) is 5.75 Å². The SMILES string of the molecule is CN=C(NCCCCn1ccccc1=O)NCc1ccc(C)cc1OCC1CC1.I. The second kappa shape index (κ2) is 12.6. The molecule has 0 bridgehead atoms. The lowest BCUT2D eigenvalue weighted by Crippen LogP contribution is -2.37. The zero-order valence-electron chi connectivity index (χ0n) is 17.9. The molecule has 0 radical (unpaired) electrons. The van der Waals surface area contributed by atoms with Crippen molar-refractivity contribution in [3.05, 3.63) is 64.1 Å². The van der Waals surface area contributed by atoms with Crippen LogP contribution >= 0.6 is 24.0 Å². The van der Waals surface area contributed by atoms with Crippen LogP contribution in [-0.2, 0) is 13.1 Å². The normalized spacial score (nSPS) is 13.5. The van der Waals surface area contributed by atoms with Crippen molar-refractivity contribution in [1.29, 1.82) is 0 Å². The van der Waals surface area contributed by atoms with Gasteiger partial charge in [0.1, 0.15) is 5.75 Å². The Morgan fingerprint density at radius 2 is 2.03 bits per heavy atom. The molecule has 1 aliphatic carbocycles. The average molecular weight is 524 g/mol. The Morgan fingerprint density at radius 1 is 1.20 bits per heavy atom. The molecule has 6 nitrogen and oxygen atoms in total. The van der Waals surface area contributed by atoms with Gasteiger partial charge in [-0.15, -0.1) is 24.0 Å². The van der Waals surface area contributed by atoms with Crippen LogP contribution in [0.5, 0.6) is 5.75 Å². The zero-order chi connectivity index (χ0) is 20.5. The molecular weight excluding hydrogens is 491 g/mol. The third-order valence-electron chi connectivity index (χ3n) is 5.08. The van der Waals surface area contributed by atoms with Crippen LogP contribution in [0, 0.1) is 12.8 Å². The fraction of sp³-hybridized carbons (Fsp3) is 0.478. The minimum Gasteiger partial charge on any atom is -0.493 e. The molecule has 0 amide bonds. The molecule has 7 heteroatoms. The molecule has 1 aromatic carbocycles. The van der Waals surface area contributed by atoms with Gasteiger partial charge in [-0.1, -0.05) is 18.2 Å². The minimum atomic E-state index is 0. The Hall–Kier alpha value is -2.03. The Labute approximate surface area is 196 Å². The maximum absolute atomic E-state index is 11.7. The number of benzene rings is 1. The molecule has 164 valence electrons. The van der Waals surface area contributed by atoms with Crippen LogP contribution in [0.3, 0.4) is 0 Å². The lowest BCUT2D eigenvalue weighted by Gasteiger charge is -2.15. The number of hydrogen-bond donors (Lipinski definition) is 2. The van der Waals surface area contributed by atoms with E-state index in [0.29, 0.717) is 6.54 Å².